The SMILES string of the molecule is CCC(OC(=O)c1ccc2nc(-c3cccnc3)[nH]c2c1)C(=O)Nc1ccc(I)cc1. The standard InChI is InChI=1S/C23H19IN4O3/c1-2-20(22(29)26-17-8-6-16(24)7-9-17)31-23(30)14-5-10-18-19(12-14)28-21(27-18)15-4-3-11-25-13-15/h3-13,20H,2H2,1H3,(H,26,29)(H,27,28). The molecule has 0 bridgehead atoms. The van der Waals surface area contributed by atoms with Crippen molar-refractivity contribution >= 4 is 51.2 Å². The number of pyridine rings is 1. The lowest BCUT2D eigenvalue weighted by Crippen LogP contribution is -2.32. The van der Waals surface area contributed by atoms with Gasteiger partial charge in [0.1, 0.15) is 5.82 Å². The van der Waals surface area contributed by atoms with E-state index in [9.17, 15) is 9.59 Å². The number of fused-ring (bicyclic) bond motifs is 1. The highest BCUT2D eigenvalue weighted by Crippen LogP contribution is 2.21. The lowest BCUT2D eigenvalue weighted by atomic mass is 10.2. The van der Waals surface area contributed by atoms with Gasteiger partial charge in [0.15, 0.2) is 6.10 Å². The third-order valence-corrected chi connectivity index (χ3v) is 5.40. The maximum Gasteiger partial charge on any atom is 0.338 e. The molecule has 0 aliphatic rings. The van der Waals surface area contributed by atoms with E-state index < -0.39 is 12.1 Å². The van der Waals surface area contributed by atoms with Crippen LogP contribution in [0.5, 0.6) is 0 Å². The highest BCUT2D eigenvalue weighted by atomic mass is 127. The van der Waals surface area contributed by atoms with E-state index in [2.05, 4.69) is 42.9 Å². The molecule has 2 aromatic carbocycles. The van der Waals surface area contributed by atoms with E-state index >= 15 is 0 Å². The zero-order chi connectivity index (χ0) is 21.8. The largest absolute Gasteiger partial charge is 0.449 e. The van der Waals surface area contributed by atoms with Crippen LogP contribution in [-0.4, -0.2) is 32.9 Å². The van der Waals surface area contributed by atoms with Crippen molar-refractivity contribution in [3.05, 3.63) is 76.1 Å². The second-order valence-corrected chi connectivity index (χ2v) is 8.10. The molecule has 1 unspecified atom stereocenters. The molecule has 1 amide bonds. The molecule has 1 atom stereocenters. The number of aromatic nitrogens is 3. The number of nitrogens with zero attached hydrogens (tertiary/aromatic N) is 2. The summed E-state index contributed by atoms with van der Waals surface area (Å²) >= 11 is 2.19. The van der Waals surface area contributed by atoms with E-state index in [1.165, 1.54) is 0 Å². The molecule has 2 heterocycles. The first-order valence-corrected chi connectivity index (χ1v) is 10.8. The maximum absolute atomic E-state index is 12.7. The number of rotatable bonds is 6. The molecule has 4 aromatic rings. The summed E-state index contributed by atoms with van der Waals surface area (Å²) in [6, 6.07) is 16.2. The fourth-order valence-electron chi connectivity index (χ4n) is 3.05. The molecule has 0 aliphatic carbocycles. The number of nitrogens with one attached hydrogen (secondary N) is 2. The minimum absolute atomic E-state index is 0.342. The summed E-state index contributed by atoms with van der Waals surface area (Å²) in [7, 11) is 0. The quantitative estimate of drug-likeness (QED) is 0.278. The molecule has 0 saturated carbocycles. The van der Waals surface area contributed by atoms with Crippen LogP contribution in [0.2, 0.25) is 0 Å². The summed E-state index contributed by atoms with van der Waals surface area (Å²) in [5, 5.41) is 2.79. The van der Waals surface area contributed by atoms with Crippen LogP contribution in [0.25, 0.3) is 22.4 Å². The van der Waals surface area contributed by atoms with E-state index in [1.807, 2.05) is 24.3 Å². The average molecular weight is 526 g/mol. The monoisotopic (exact) mass is 526 g/mol. The first-order valence-electron chi connectivity index (χ1n) is 9.71. The number of hydrogen-bond acceptors (Lipinski definition) is 5. The molecule has 0 fully saturated rings. The van der Waals surface area contributed by atoms with Crippen LogP contribution in [0.15, 0.2) is 67.0 Å². The number of H-pyrrole nitrogens is 1. The lowest BCUT2D eigenvalue weighted by Gasteiger charge is -2.16. The predicted octanol–water partition coefficient (Wildman–Crippen LogP) is 4.80. The number of amides is 1. The molecule has 2 N–H and O–H groups in total. The van der Waals surface area contributed by atoms with Crippen LogP contribution < -0.4 is 5.32 Å². The van der Waals surface area contributed by atoms with Crippen LogP contribution in [0.1, 0.15) is 23.7 Å². The van der Waals surface area contributed by atoms with E-state index in [4.69, 9.17) is 4.74 Å². The molecule has 0 radical (unpaired) electrons. The Morgan fingerprint density at radius 1 is 1.16 bits per heavy atom. The summed E-state index contributed by atoms with van der Waals surface area (Å²) < 4.78 is 6.55. The van der Waals surface area contributed by atoms with Crippen molar-refractivity contribution in [2.75, 3.05) is 5.32 Å². The number of carbonyl (C=O) groups excluding carboxylic acids is 2. The van der Waals surface area contributed by atoms with Crippen molar-refractivity contribution in [2.45, 2.75) is 19.4 Å². The van der Waals surface area contributed by atoms with Gasteiger partial charge in [0, 0.05) is 27.2 Å². The number of carbonyl (C=O) groups is 2. The molecule has 4 rings (SSSR count). The zero-order valence-corrected chi connectivity index (χ0v) is 18.8. The molecule has 156 valence electrons. The van der Waals surface area contributed by atoms with Gasteiger partial charge in [-0.25, -0.2) is 9.78 Å². The zero-order valence-electron chi connectivity index (χ0n) is 16.6. The van der Waals surface area contributed by atoms with E-state index in [0.717, 1.165) is 14.7 Å². The number of anilines is 1. The number of esters is 1. The van der Waals surface area contributed by atoms with Gasteiger partial charge in [-0.05, 0) is 83.6 Å². The normalized spacial score (nSPS) is 11.8. The number of aromatic amines is 1. The Kier molecular flexibility index (Phi) is 6.26. The van der Waals surface area contributed by atoms with Crippen molar-refractivity contribution in [3.8, 4) is 11.4 Å². The minimum atomic E-state index is -0.893. The van der Waals surface area contributed by atoms with Gasteiger partial charge in [-0.15, -0.1) is 0 Å². The van der Waals surface area contributed by atoms with E-state index in [1.54, 1.807) is 49.6 Å². The Morgan fingerprint density at radius 3 is 2.68 bits per heavy atom. The Labute approximate surface area is 192 Å². The second-order valence-electron chi connectivity index (χ2n) is 6.86. The molecule has 8 heteroatoms. The van der Waals surface area contributed by atoms with Crippen LogP contribution in [-0.2, 0) is 9.53 Å². The van der Waals surface area contributed by atoms with Gasteiger partial charge in [0.2, 0.25) is 0 Å². The number of hydrogen-bond donors (Lipinski definition) is 2. The maximum atomic E-state index is 12.7. The van der Waals surface area contributed by atoms with Gasteiger partial charge in [0.25, 0.3) is 5.91 Å². The Morgan fingerprint density at radius 2 is 1.97 bits per heavy atom. The Hall–Kier alpha value is -3.27. The smallest absolute Gasteiger partial charge is 0.338 e. The Balaban J connectivity index is 1.48. The van der Waals surface area contributed by atoms with Gasteiger partial charge in [0.05, 0.1) is 16.6 Å². The summed E-state index contributed by atoms with van der Waals surface area (Å²) in [5.74, 6) is -0.264. The number of ether oxygens (including phenoxy) is 1. The van der Waals surface area contributed by atoms with Crippen molar-refractivity contribution in [2.24, 2.45) is 0 Å². The van der Waals surface area contributed by atoms with Crippen molar-refractivity contribution < 1.29 is 14.3 Å². The third kappa shape index (κ3) is 4.91. The fraction of sp³-hybridized carbons (Fsp3) is 0.130. The summed E-state index contributed by atoms with van der Waals surface area (Å²) in [6.45, 7) is 1.80. The van der Waals surface area contributed by atoms with Crippen molar-refractivity contribution in [3.63, 3.8) is 0 Å². The topological polar surface area (TPSA) is 97.0 Å². The van der Waals surface area contributed by atoms with Crippen LogP contribution >= 0.6 is 22.6 Å². The van der Waals surface area contributed by atoms with Gasteiger partial charge in [-0.1, -0.05) is 6.92 Å². The molecular weight excluding hydrogens is 507 g/mol. The molecular formula is C23H19IN4O3. The highest BCUT2D eigenvalue weighted by molar-refractivity contribution is 14.1. The van der Waals surface area contributed by atoms with Crippen molar-refractivity contribution in [1.29, 1.82) is 0 Å². The number of benzene rings is 2. The second kappa shape index (κ2) is 9.25. The molecule has 7 nitrogen and oxygen atoms in total. The third-order valence-electron chi connectivity index (χ3n) is 4.68. The highest BCUT2D eigenvalue weighted by Gasteiger charge is 2.22. The summed E-state index contributed by atoms with van der Waals surface area (Å²) in [6.07, 6.45) is 2.87. The van der Waals surface area contributed by atoms with E-state index in [-0.39, 0.29) is 5.91 Å². The molecule has 2 aromatic heterocycles. The predicted molar refractivity (Wildman–Crippen MR) is 127 cm³/mol. The van der Waals surface area contributed by atoms with Gasteiger partial charge in [-0.2, -0.15) is 0 Å². The first kappa shape index (κ1) is 21.0. The molecule has 0 aliphatic heterocycles. The molecule has 0 spiro atoms. The summed E-state index contributed by atoms with van der Waals surface area (Å²) in [4.78, 5) is 37.1. The van der Waals surface area contributed by atoms with Crippen LogP contribution in [0.4, 0.5) is 5.69 Å². The van der Waals surface area contributed by atoms with E-state index in [0.29, 0.717) is 29.0 Å². The molecule has 0 saturated heterocycles. The molecule has 31 heavy (non-hydrogen) atoms. The summed E-state index contributed by atoms with van der Waals surface area (Å²) in [5.41, 5.74) is 3.26. The first-order chi connectivity index (χ1) is 15.0. The van der Waals surface area contributed by atoms with Gasteiger partial charge >= 0.3 is 5.97 Å². The van der Waals surface area contributed by atoms with Gasteiger partial charge < -0.3 is 15.0 Å². The average Bonchev–Trinajstić information content (AvgIpc) is 3.23. The minimum Gasteiger partial charge on any atom is -0.449 e. The van der Waals surface area contributed by atoms with Crippen LogP contribution in [0, 0.1) is 3.57 Å². The van der Waals surface area contributed by atoms with Gasteiger partial charge in [-0.3, -0.25) is 9.78 Å². The number of halogens is 1. The number of imidazole rings is 1. The van der Waals surface area contributed by atoms with Crippen LogP contribution in [0.3, 0.4) is 0 Å². The lowest BCUT2D eigenvalue weighted by molar-refractivity contribution is -0.124. The Bertz CT molecular complexity index is 1220. The van der Waals surface area contributed by atoms with Crippen molar-refractivity contribution in [1.82, 2.24) is 15.0 Å². The fourth-order valence-corrected chi connectivity index (χ4v) is 3.41.